The van der Waals surface area contributed by atoms with Crippen LogP contribution in [0.15, 0.2) is 6.07 Å². The Morgan fingerprint density at radius 2 is 2.35 bits per heavy atom. The zero-order chi connectivity index (χ0) is 12.4. The summed E-state index contributed by atoms with van der Waals surface area (Å²) < 4.78 is 0. The monoisotopic (exact) mass is 232 g/mol. The van der Waals surface area contributed by atoms with E-state index in [4.69, 9.17) is 5.26 Å². The van der Waals surface area contributed by atoms with Crippen LogP contribution in [-0.4, -0.2) is 34.3 Å². The van der Waals surface area contributed by atoms with Gasteiger partial charge < -0.3 is 10.0 Å². The molecule has 90 valence electrons. The van der Waals surface area contributed by atoms with E-state index in [1.807, 2.05) is 17.9 Å². The van der Waals surface area contributed by atoms with Crippen molar-refractivity contribution in [2.75, 3.05) is 18.1 Å². The number of rotatable bonds is 2. The zero-order valence-corrected chi connectivity index (χ0v) is 10.1. The molecule has 5 nitrogen and oxygen atoms in total. The first kappa shape index (κ1) is 11.8. The minimum Gasteiger partial charge on any atom is -0.394 e. The van der Waals surface area contributed by atoms with Gasteiger partial charge in [-0.25, -0.2) is 9.97 Å². The summed E-state index contributed by atoms with van der Waals surface area (Å²) in [6, 6.07) is 3.76. The first-order chi connectivity index (χ1) is 8.15. The largest absolute Gasteiger partial charge is 0.394 e. The van der Waals surface area contributed by atoms with E-state index >= 15 is 0 Å². The van der Waals surface area contributed by atoms with Crippen LogP contribution in [0.2, 0.25) is 0 Å². The Labute approximate surface area is 101 Å². The quantitative estimate of drug-likeness (QED) is 0.818. The molecular formula is C12H16N4O. The second-order valence-corrected chi connectivity index (χ2v) is 4.52. The molecule has 17 heavy (non-hydrogen) atoms. The van der Waals surface area contributed by atoms with E-state index in [-0.39, 0.29) is 12.6 Å². The second-order valence-electron chi connectivity index (χ2n) is 4.52. The van der Waals surface area contributed by atoms with Gasteiger partial charge in [0.15, 0.2) is 0 Å². The highest BCUT2D eigenvalue weighted by atomic mass is 16.3. The summed E-state index contributed by atoms with van der Waals surface area (Å²) in [4.78, 5) is 10.6. The van der Waals surface area contributed by atoms with Crippen molar-refractivity contribution >= 4 is 5.95 Å². The minimum atomic E-state index is 0.0587. The van der Waals surface area contributed by atoms with E-state index in [2.05, 4.69) is 16.9 Å². The molecule has 1 N–H and O–H groups in total. The molecule has 2 atom stereocenters. The SMILES string of the molecule is Cc1cc(C#N)nc(N2CCC(C)C2CO)n1. The van der Waals surface area contributed by atoms with Gasteiger partial charge in [-0.2, -0.15) is 5.26 Å². The molecule has 0 aliphatic carbocycles. The molecular weight excluding hydrogens is 216 g/mol. The molecule has 5 heteroatoms. The first-order valence-corrected chi connectivity index (χ1v) is 5.79. The average Bonchev–Trinajstić information content (AvgIpc) is 2.69. The molecule has 1 saturated heterocycles. The van der Waals surface area contributed by atoms with Gasteiger partial charge >= 0.3 is 0 Å². The molecule has 1 aromatic rings. The molecule has 0 amide bonds. The standard InChI is InChI=1S/C12H16N4O/c1-8-3-4-16(11(8)7-17)12-14-9(2)5-10(6-13)15-12/h5,8,11,17H,3-4,7H2,1-2H3. The summed E-state index contributed by atoms with van der Waals surface area (Å²) in [5.74, 6) is 0.986. The number of aromatic nitrogens is 2. The minimum absolute atomic E-state index is 0.0587. The van der Waals surface area contributed by atoms with Crippen LogP contribution >= 0.6 is 0 Å². The Morgan fingerprint density at radius 1 is 1.59 bits per heavy atom. The number of hydrogen-bond donors (Lipinski definition) is 1. The fraction of sp³-hybridized carbons (Fsp3) is 0.583. The van der Waals surface area contributed by atoms with Crippen molar-refractivity contribution in [2.45, 2.75) is 26.3 Å². The van der Waals surface area contributed by atoms with E-state index in [1.165, 1.54) is 0 Å². The molecule has 1 aliphatic rings. The molecule has 1 fully saturated rings. The highest BCUT2D eigenvalue weighted by Gasteiger charge is 2.32. The van der Waals surface area contributed by atoms with Crippen molar-refractivity contribution in [3.05, 3.63) is 17.5 Å². The van der Waals surface area contributed by atoms with Gasteiger partial charge in [0.2, 0.25) is 5.95 Å². The highest BCUT2D eigenvalue weighted by Crippen LogP contribution is 2.27. The zero-order valence-electron chi connectivity index (χ0n) is 10.1. The van der Waals surface area contributed by atoms with Gasteiger partial charge in [0.1, 0.15) is 11.8 Å². The summed E-state index contributed by atoms with van der Waals surface area (Å²) in [5.41, 5.74) is 1.16. The van der Waals surface area contributed by atoms with Crippen molar-refractivity contribution in [1.82, 2.24) is 9.97 Å². The van der Waals surface area contributed by atoms with Crippen molar-refractivity contribution in [1.29, 1.82) is 5.26 Å². The van der Waals surface area contributed by atoms with Gasteiger partial charge in [0.05, 0.1) is 12.6 Å². The Morgan fingerprint density at radius 3 is 3.00 bits per heavy atom. The molecule has 0 saturated carbocycles. The number of nitrogens with zero attached hydrogens (tertiary/aromatic N) is 4. The Bertz CT molecular complexity index is 454. The topological polar surface area (TPSA) is 73.0 Å². The number of hydrogen-bond acceptors (Lipinski definition) is 5. The van der Waals surface area contributed by atoms with Crippen LogP contribution in [0.1, 0.15) is 24.7 Å². The van der Waals surface area contributed by atoms with Crippen molar-refractivity contribution in [3.8, 4) is 6.07 Å². The van der Waals surface area contributed by atoms with Crippen LogP contribution in [0, 0.1) is 24.2 Å². The lowest BCUT2D eigenvalue weighted by Crippen LogP contribution is -2.36. The lowest BCUT2D eigenvalue weighted by molar-refractivity contribution is 0.244. The summed E-state index contributed by atoms with van der Waals surface area (Å²) in [7, 11) is 0. The van der Waals surface area contributed by atoms with Gasteiger partial charge in [0, 0.05) is 12.2 Å². The third kappa shape index (κ3) is 2.22. The molecule has 2 rings (SSSR count). The molecule has 2 heterocycles. The third-order valence-corrected chi connectivity index (χ3v) is 3.28. The molecule has 0 radical (unpaired) electrons. The Hall–Kier alpha value is -1.67. The fourth-order valence-electron chi connectivity index (χ4n) is 2.27. The van der Waals surface area contributed by atoms with Crippen molar-refractivity contribution in [3.63, 3.8) is 0 Å². The number of anilines is 1. The molecule has 0 aromatic carbocycles. The third-order valence-electron chi connectivity index (χ3n) is 3.28. The molecule has 0 bridgehead atoms. The lowest BCUT2D eigenvalue weighted by atomic mass is 10.0. The van der Waals surface area contributed by atoms with E-state index < -0.39 is 0 Å². The van der Waals surface area contributed by atoms with Crippen molar-refractivity contribution < 1.29 is 5.11 Å². The first-order valence-electron chi connectivity index (χ1n) is 5.79. The maximum Gasteiger partial charge on any atom is 0.227 e. The summed E-state index contributed by atoms with van der Waals surface area (Å²) >= 11 is 0. The highest BCUT2D eigenvalue weighted by molar-refractivity contribution is 5.38. The average molecular weight is 232 g/mol. The van der Waals surface area contributed by atoms with Gasteiger partial charge in [-0.05, 0) is 25.3 Å². The van der Waals surface area contributed by atoms with Gasteiger partial charge in [-0.1, -0.05) is 6.92 Å². The van der Waals surface area contributed by atoms with Gasteiger partial charge in [-0.3, -0.25) is 0 Å². The maximum absolute atomic E-state index is 9.40. The van der Waals surface area contributed by atoms with Crippen LogP contribution in [0.25, 0.3) is 0 Å². The molecule has 0 spiro atoms. The van der Waals surface area contributed by atoms with Crippen LogP contribution in [-0.2, 0) is 0 Å². The second kappa shape index (κ2) is 4.68. The molecule has 1 aromatic heterocycles. The van der Waals surface area contributed by atoms with Crippen LogP contribution in [0.5, 0.6) is 0 Å². The smallest absolute Gasteiger partial charge is 0.227 e. The van der Waals surface area contributed by atoms with Gasteiger partial charge in [0.25, 0.3) is 0 Å². The number of aliphatic hydroxyl groups is 1. The van der Waals surface area contributed by atoms with E-state index in [1.54, 1.807) is 6.07 Å². The van der Waals surface area contributed by atoms with E-state index in [0.29, 0.717) is 17.6 Å². The predicted octanol–water partition coefficient (Wildman–Crippen LogP) is 0.864. The summed E-state index contributed by atoms with van der Waals surface area (Å²) in [5, 5.41) is 18.3. The van der Waals surface area contributed by atoms with Crippen molar-refractivity contribution in [2.24, 2.45) is 5.92 Å². The van der Waals surface area contributed by atoms with Crippen LogP contribution in [0.4, 0.5) is 5.95 Å². The Kier molecular flexibility index (Phi) is 3.25. The Balaban J connectivity index is 2.34. The normalized spacial score (nSPS) is 23.8. The molecule has 1 aliphatic heterocycles. The van der Waals surface area contributed by atoms with Crippen LogP contribution in [0.3, 0.4) is 0 Å². The number of aliphatic hydroxyl groups excluding tert-OH is 1. The van der Waals surface area contributed by atoms with E-state index in [9.17, 15) is 5.11 Å². The van der Waals surface area contributed by atoms with Gasteiger partial charge in [-0.15, -0.1) is 0 Å². The fourth-order valence-corrected chi connectivity index (χ4v) is 2.27. The van der Waals surface area contributed by atoms with E-state index in [0.717, 1.165) is 18.7 Å². The number of nitriles is 1. The maximum atomic E-state index is 9.40. The summed E-state index contributed by atoms with van der Waals surface area (Å²) in [6.45, 7) is 4.89. The van der Waals surface area contributed by atoms with Crippen LogP contribution < -0.4 is 4.90 Å². The molecule has 2 unspecified atom stereocenters. The predicted molar refractivity (Wildman–Crippen MR) is 63.5 cm³/mol. The number of aryl methyl sites for hydroxylation is 1. The summed E-state index contributed by atoms with van der Waals surface area (Å²) in [6.07, 6.45) is 1.02. The lowest BCUT2D eigenvalue weighted by Gasteiger charge is -2.25.